The van der Waals surface area contributed by atoms with Crippen LogP contribution in [-0.4, -0.2) is 43.0 Å². The minimum atomic E-state index is -0.0796. The second kappa shape index (κ2) is 7.49. The lowest BCUT2D eigenvalue weighted by molar-refractivity contribution is -0.121. The number of nitrogens with zero attached hydrogens (tertiary/aromatic N) is 2. The summed E-state index contributed by atoms with van der Waals surface area (Å²) >= 11 is 0. The summed E-state index contributed by atoms with van der Waals surface area (Å²) in [5, 5.41) is 3.00. The SMILES string of the molecule is O=C(CN1CCN(c2ccccc2)C1=O)NCC1CCCCC1. The monoisotopic (exact) mass is 315 g/mol. The molecule has 0 aromatic heterocycles. The molecule has 2 fully saturated rings. The van der Waals surface area contributed by atoms with Gasteiger partial charge in [0.2, 0.25) is 5.91 Å². The Morgan fingerprint density at radius 3 is 2.57 bits per heavy atom. The number of urea groups is 1. The van der Waals surface area contributed by atoms with Crippen LogP contribution in [0, 0.1) is 5.92 Å². The lowest BCUT2D eigenvalue weighted by Gasteiger charge is -2.22. The number of rotatable bonds is 5. The maximum atomic E-state index is 12.4. The summed E-state index contributed by atoms with van der Waals surface area (Å²) in [4.78, 5) is 27.9. The summed E-state index contributed by atoms with van der Waals surface area (Å²) in [5.41, 5.74) is 0.891. The third-order valence-corrected chi connectivity index (χ3v) is 4.81. The Morgan fingerprint density at radius 1 is 1.09 bits per heavy atom. The Hall–Kier alpha value is -2.04. The van der Waals surface area contributed by atoms with Crippen molar-refractivity contribution in [3.63, 3.8) is 0 Å². The number of hydrogen-bond donors (Lipinski definition) is 1. The molecule has 1 N–H and O–H groups in total. The van der Waals surface area contributed by atoms with Crippen molar-refractivity contribution in [3.8, 4) is 0 Å². The van der Waals surface area contributed by atoms with Crippen LogP contribution in [0.25, 0.3) is 0 Å². The van der Waals surface area contributed by atoms with Crippen LogP contribution in [0.3, 0.4) is 0 Å². The molecule has 1 aromatic rings. The fourth-order valence-electron chi connectivity index (χ4n) is 3.46. The van der Waals surface area contributed by atoms with E-state index in [0.29, 0.717) is 19.0 Å². The lowest BCUT2D eigenvalue weighted by Crippen LogP contribution is -2.41. The van der Waals surface area contributed by atoms with E-state index in [9.17, 15) is 9.59 Å². The van der Waals surface area contributed by atoms with Crippen molar-refractivity contribution in [2.45, 2.75) is 32.1 Å². The van der Waals surface area contributed by atoms with Crippen LogP contribution in [0.4, 0.5) is 10.5 Å². The Kier molecular flexibility index (Phi) is 5.16. The van der Waals surface area contributed by atoms with Crippen molar-refractivity contribution in [2.75, 3.05) is 31.1 Å². The van der Waals surface area contributed by atoms with Gasteiger partial charge in [-0.05, 0) is 30.9 Å². The van der Waals surface area contributed by atoms with E-state index in [-0.39, 0.29) is 18.5 Å². The average Bonchev–Trinajstić information content (AvgIpc) is 2.95. The molecule has 1 heterocycles. The highest BCUT2D eigenvalue weighted by atomic mass is 16.2. The molecule has 0 unspecified atom stereocenters. The number of anilines is 1. The predicted octanol–water partition coefficient (Wildman–Crippen LogP) is 2.63. The molecule has 0 bridgehead atoms. The number of benzene rings is 1. The molecule has 0 atom stereocenters. The molecular weight excluding hydrogens is 290 g/mol. The largest absolute Gasteiger partial charge is 0.354 e. The van der Waals surface area contributed by atoms with Crippen molar-refractivity contribution < 1.29 is 9.59 Å². The molecule has 0 spiro atoms. The van der Waals surface area contributed by atoms with Gasteiger partial charge in [-0.2, -0.15) is 0 Å². The smallest absolute Gasteiger partial charge is 0.325 e. The fraction of sp³-hybridized carbons (Fsp3) is 0.556. The van der Waals surface area contributed by atoms with Gasteiger partial charge >= 0.3 is 6.03 Å². The van der Waals surface area contributed by atoms with E-state index in [1.54, 1.807) is 9.80 Å². The van der Waals surface area contributed by atoms with Crippen molar-refractivity contribution >= 4 is 17.6 Å². The van der Waals surface area contributed by atoms with Crippen LogP contribution in [-0.2, 0) is 4.79 Å². The minimum absolute atomic E-state index is 0.0427. The number of para-hydroxylation sites is 1. The van der Waals surface area contributed by atoms with E-state index < -0.39 is 0 Å². The molecule has 1 saturated heterocycles. The zero-order valence-corrected chi connectivity index (χ0v) is 13.5. The Labute approximate surface area is 137 Å². The molecule has 1 aliphatic heterocycles. The molecule has 3 rings (SSSR count). The van der Waals surface area contributed by atoms with Crippen LogP contribution in [0.5, 0.6) is 0 Å². The van der Waals surface area contributed by atoms with Crippen molar-refractivity contribution in [2.24, 2.45) is 5.92 Å². The summed E-state index contributed by atoms with van der Waals surface area (Å²) in [6, 6.07) is 9.53. The first-order valence-electron chi connectivity index (χ1n) is 8.62. The molecular formula is C18H25N3O2. The molecule has 0 radical (unpaired) electrons. The zero-order chi connectivity index (χ0) is 16.1. The maximum Gasteiger partial charge on any atom is 0.325 e. The van der Waals surface area contributed by atoms with Crippen LogP contribution >= 0.6 is 0 Å². The third kappa shape index (κ3) is 4.03. The van der Waals surface area contributed by atoms with Gasteiger partial charge in [-0.25, -0.2) is 4.79 Å². The highest BCUT2D eigenvalue weighted by molar-refractivity contribution is 5.96. The molecule has 3 amide bonds. The Bertz CT molecular complexity index is 540. The number of carbonyl (C=O) groups excluding carboxylic acids is 2. The van der Waals surface area contributed by atoms with Gasteiger partial charge in [0.15, 0.2) is 0 Å². The Morgan fingerprint density at radius 2 is 1.83 bits per heavy atom. The molecule has 5 heteroatoms. The summed E-state index contributed by atoms with van der Waals surface area (Å²) in [6.45, 7) is 2.15. The lowest BCUT2D eigenvalue weighted by atomic mass is 9.89. The maximum absolute atomic E-state index is 12.4. The van der Waals surface area contributed by atoms with E-state index in [2.05, 4.69) is 5.32 Å². The number of carbonyl (C=O) groups is 2. The van der Waals surface area contributed by atoms with Crippen molar-refractivity contribution in [1.82, 2.24) is 10.2 Å². The molecule has 5 nitrogen and oxygen atoms in total. The highest BCUT2D eigenvalue weighted by Crippen LogP contribution is 2.23. The quantitative estimate of drug-likeness (QED) is 0.908. The van der Waals surface area contributed by atoms with Crippen LogP contribution in [0.2, 0.25) is 0 Å². The van der Waals surface area contributed by atoms with Gasteiger partial charge in [0.1, 0.15) is 6.54 Å². The van der Waals surface area contributed by atoms with E-state index in [1.807, 2.05) is 30.3 Å². The highest BCUT2D eigenvalue weighted by Gasteiger charge is 2.30. The molecule has 23 heavy (non-hydrogen) atoms. The molecule has 124 valence electrons. The average molecular weight is 315 g/mol. The first kappa shape index (κ1) is 15.8. The van der Waals surface area contributed by atoms with Gasteiger partial charge in [0, 0.05) is 25.3 Å². The second-order valence-electron chi connectivity index (χ2n) is 6.50. The van der Waals surface area contributed by atoms with Gasteiger partial charge in [-0.3, -0.25) is 9.69 Å². The summed E-state index contributed by atoms with van der Waals surface area (Å²) in [7, 11) is 0. The number of amides is 3. The first-order valence-corrected chi connectivity index (χ1v) is 8.62. The topological polar surface area (TPSA) is 52.7 Å². The molecule has 2 aliphatic rings. The first-order chi connectivity index (χ1) is 11.2. The predicted molar refractivity (Wildman–Crippen MR) is 90.3 cm³/mol. The summed E-state index contributed by atoms with van der Waals surface area (Å²) in [6.07, 6.45) is 6.30. The summed E-state index contributed by atoms with van der Waals surface area (Å²) in [5.74, 6) is 0.571. The van der Waals surface area contributed by atoms with Crippen LogP contribution in [0.15, 0.2) is 30.3 Å². The van der Waals surface area contributed by atoms with E-state index in [0.717, 1.165) is 12.2 Å². The third-order valence-electron chi connectivity index (χ3n) is 4.81. The molecule has 1 aliphatic carbocycles. The normalized spacial score (nSPS) is 19.2. The molecule has 1 aromatic carbocycles. The molecule has 1 saturated carbocycles. The second-order valence-corrected chi connectivity index (χ2v) is 6.50. The van der Waals surface area contributed by atoms with Crippen molar-refractivity contribution in [1.29, 1.82) is 0 Å². The number of nitrogens with one attached hydrogen (secondary N) is 1. The standard InChI is InChI=1S/C18H25N3O2/c22-17(19-13-15-7-3-1-4-8-15)14-20-11-12-21(18(20)23)16-9-5-2-6-10-16/h2,5-6,9-10,15H,1,3-4,7-8,11-14H2,(H,19,22). The Balaban J connectivity index is 1.46. The number of hydrogen-bond acceptors (Lipinski definition) is 2. The van der Waals surface area contributed by atoms with Gasteiger partial charge in [0.05, 0.1) is 0 Å². The van der Waals surface area contributed by atoms with E-state index in [4.69, 9.17) is 0 Å². The van der Waals surface area contributed by atoms with Gasteiger partial charge in [-0.15, -0.1) is 0 Å². The van der Waals surface area contributed by atoms with Crippen LogP contribution < -0.4 is 10.2 Å². The van der Waals surface area contributed by atoms with Gasteiger partial charge in [0.25, 0.3) is 0 Å². The van der Waals surface area contributed by atoms with Crippen LogP contribution in [0.1, 0.15) is 32.1 Å². The minimum Gasteiger partial charge on any atom is -0.354 e. The van der Waals surface area contributed by atoms with E-state index in [1.165, 1.54) is 32.1 Å². The van der Waals surface area contributed by atoms with Crippen molar-refractivity contribution in [3.05, 3.63) is 30.3 Å². The van der Waals surface area contributed by atoms with Gasteiger partial charge in [-0.1, -0.05) is 37.5 Å². The fourth-order valence-corrected chi connectivity index (χ4v) is 3.46. The van der Waals surface area contributed by atoms with E-state index >= 15 is 0 Å². The van der Waals surface area contributed by atoms with Gasteiger partial charge < -0.3 is 10.2 Å². The summed E-state index contributed by atoms with van der Waals surface area (Å²) < 4.78 is 0. The zero-order valence-electron chi connectivity index (χ0n) is 13.5.